The average molecular weight is 229 g/mol. The van der Waals surface area contributed by atoms with E-state index in [0.717, 1.165) is 0 Å². The number of H-pyrrole nitrogens is 1. The third-order valence-corrected chi connectivity index (χ3v) is 2.46. The lowest BCUT2D eigenvalue weighted by Gasteiger charge is -1.95. The van der Waals surface area contributed by atoms with E-state index in [1.165, 1.54) is 10.8 Å². The molecule has 0 saturated carbocycles. The molecule has 0 atom stereocenters. The molecule has 2 aromatic heterocycles. The number of halogens is 1. The van der Waals surface area contributed by atoms with E-state index in [1.807, 2.05) is 0 Å². The SMILES string of the molecule is Cc1nc2nc[nH]n2c(=O)c1Br. The van der Waals surface area contributed by atoms with Crippen LogP contribution < -0.4 is 5.56 Å². The monoisotopic (exact) mass is 228 g/mol. The zero-order valence-electron chi connectivity index (χ0n) is 6.21. The van der Waals surface area contributed by atoms with Crippen LogP contribution in [0.4, 0.5) is 0 Å². The van der Waals surface area contributed by atoms with Gasteiger partial charge in [0.25, 0.3) is 11.3 Å². The van der Waals surface area contributed by atoms with Gasteiger partial charge in [0.05, 0.1) is 5.69 Å². The molecule has 0 fully saturated rings. The molecular formula is C6H5BrN4O. The maximum absolute atomic E-state index is 11.4. The second-order valence-electron chi connectivity index (χ2n) is 2.34. The number of rotatable bonds is 0. The lowest BCUT2D eigenvalue weighted by atomic mass is 10.4. The maximum atomic E-state index is 11.4. The molecule has 62 valence electrons. The van der Waals surface area contributed by atoms with Crippen LogP contribution in [0.5, 0.6) is 0 Å². The van der Waals surface area contributed by atoms with Gasteiger partial charge in [-0.1, -0.05) is 0 Å². The van der Waals surface area contributed by atoms with Crippen molar-refractivity contribution in [1.82, 2.24) is 19.6 Å². The first-order valence-corrected chi connectivity index (χ1v) is 4.07. The second kappa shape index (κ2) is 2.41. The number of nitrogens with one attached hydrogen (secondary N) is 1. The molecule has 2 heterocycles. The highest BCUT2D eigenvalue weighted by Gasteiger charge is 2.06. The number of aryl methyl sites for hydroxylation is 1. The van der Waals surface area contributed by atoms with Crippen molar-refractivity contribution in [2.45, 2.75) is 6.92 Å². The summed E-state index contributed by atoms with van der Waals surface area (Å²) in [7, 11) is 0. The standard InChI is InChI=1S/C6H5BrN4O/c1-3-4(7)5(12)11-6(10-3)8-2-9-11/h2H,1H3,(H,8,9,10). The fourth-order valence-electron chi connectivity index (χ4n) is 0.940. The molecule has 0 aliphatic carbocycles. The quantitative estimate of drug-likeness (QED) is 0.714. The fourth-order valence-corrected chi connectivity index (χ4v) is 1.21. The number of aromatic nitrogens is 4. The molecule has 0 bridgehead atoms. The van der Waals surface area contributed by atoms with Gasteiger partial charge >= 0.3 is 0 Å². The number of hydrogen-bond donors (Lipinski definition) is 1. The number of nitrogens with zero attached hydrogens (tertiary/aromatic N) is 3. The van der Waals surface area contributed by atoms with Crippen LogP contribution in [0.15, 0.2) is 15.6 Å². The van der Waals surface area contributed by atoms with Crippen molar-refractivity contribution >= 4 is 21.7 Å². The normalized spacial score (nSPS) is 10.8. The molecule has 0 aliphatic heterocycles. The minimum absolute atomic E-state index is 0.171. The first kappa shape index (κ1) is 7.48. The smallest absolute Gasteiger partial charge is 0.278 e. The Bertz CT molecular complexity index is 486. The summed E-state index contributed by atoms with van der Waals surface area (Å²) < 4.78 is 1.74. The van der Waals surface area contributed by atoms with E-state index in [4.69, 9.17) is 0 Å². The van der Waals surface area contributed by atoms with Gasteiger partial charge in [-0.3, -0.25) is 9.89 Å². The summed E-state index contributed by atoms with van der Waals surface area (Å²) in [4.78, 5) is 19.3. The molecule has 0 aliphatic rings. The zero-order valence-corrected chi connectivity index (χ0v) is 7.79. The van der Waals surface area contributed by atoms with Gasteiger partial charge in [0, 0.05) is 0 Å². The van der Waals surface area contributed by atoms with Crippen LogP contribution in [-0.4, -0.2) is 19.6 Å². The minimum atomic E-state index is -0.171. The predicted molar refractivity (Wildman–Crippen MR) is 46.0 cm³/mol. The summed E-state index contributed by atoms with van der Waals surface area (Å²) in [5, 5.41) is 2.66. The Morgan fingerprint density at radius 3 is 3.17 bits per heavy atom. The lowest BCUT2D eigenvalue weighted by molar-refractivity contribution is 0.880. The van der Waals surface area contributed by atoms with Gasteiger partial charge in [-0.25, -0.2) is 9.97 Å². The number of hydrogen-bond acceptors (Lipinski definition) is 3. The van der Waals surface area contributed by atoms with Crippen molar-refractivity contribution < 1.29 is 0 Å². The van der Waals surface area contributed by atoms with Crippen molar-refractivity contribution in [1.29, 1.82) is 0 Å². The largest absolute Gasteiger partial charge is 0.288 e. The summed E-state index contributed by atoms with van der Waals surface area (Å²) >= 11 is 3.14. The molecule has 0 saturated heterocycles. The van der Waals surface area contributed by atoms with Crippen LogP contribution >= 0.6 is 15.9 Å². The van der Waals surface area contributed by atoms with Crippen LogP contribution in [-0.2, 0) is 0 Å². The Labute approximate surface area is 75.6 Å². The van der Waals surface area contributed by atoms with Crippen LogP contribution in [0, 0.1) is 6.92 Å². The Hall–Kier alpha value is -1.17. The molecule has 5 nitrogen and oxygen atoms in total. The summed E-state index contributed by atoms with van der Waals surface area (Å²) in [6.45, 7) is 1.75. The molecule has 2 rings (SSSR count). The van der Waals surface area contributed by atoms with Gasteiger partial charge in [-0.05, 0) is 22.9 Å². The highest BCUT2D eigenvalue weighted by Crippen LogP contribution is 2.07. The van der Waals surface area contributed by atoms with E-state index in [1.54, 1.807) is 6.92 Å². The van der Waals surface area contributed by atoms with Gasteiger partial charge in [-0.15, -0.1) is 0 Å². The fraction of sp³-hybridized carbons (Fsp3) is 0.167. The Morgan fingerprint density at radius 2 is 2.42 bits per heavy atom. The van der Waals surface area contributed by atoms with Crippen molar-refractivity contribution in [3.63, 3.8) is 0 Å². The molecule has 1 N–H and O–H groups in total. The topological polar surface area (TPSA) is 63.1 Å². The van der Waals surface area contributed by atoms with Crippen LogP contribution in [0.1, 0.15) is 5.69 Å². The van der Waals surface area contributed by atoms with Gasteiger partial charge in [0.15, 0.2) is 0 Å². The summed E-state index contributed by atoms with van der Waals surface area (Å²) in [6.07, 6.45) is 1.43. The van der Waals surface area contributed by atoms with E-state index in [0.29, 0.717) is 15.9 Å². The summed E-state index contributed by atoms with van der Waals surface area (Å²) in [6, 6.07) is 0. The molecule has 0 radical (unpaired) electrons. The van der Waals surface area contributed by atoms with Crippen LogP contribution in [0.2, 0.25) is 0 Å². The third-order valence-electron chi connectivity index (χ3n) is 1.54. The number of fused-ring (bicyclic) bond motifs is 1. The maximum Gasteiger partial charge on any atom is 0.288 e. The Morgan fingerprint density at radius 1 is 1.67 bits per heavy atom. The summed E-state index contributed by atoms with van der Waals surface area (Å²) in [5.74, 6) is 0.390. The zero-order chi connectivity index (χ0) is 8.72. The lowest BCUT2D eigenvalue weighted by Crippen LogP contribution is -2.17. The van der Waals surface area contributed by atoms with E-state index in [2.05, 4.69) is 31.0 Å². The van der Waals surface area contributed by atoms with E-state index in [9.17, 15) is 4.79 Å². The highest BCUT2D eigenvalue weighted by atomic mass is 79.9. The van der Waals surface area contributed by atoms with Crippen LogP contribution in [0.25, 0.3) is 5.78 Å². The molecule has 0 aromatic carbocycles. The van der Waals surface area contributed by atoms with Crippen molar-refractivity contribution in [3.8, 4) is 0 Å². The van der Waals surface area contributed by atoms with Crippen molar-refractivity contribution in [3.05, 3.63) is 26.8 Å². The Balaban J connectivity index is 3.05. The Kier molecular flexibility index (Phi) is 1.50. The molecule has 12 heavy (non-hydrogen) atoms. The van der Waals surface area contributed by atoms with E-state index < -0.39 is 0 Å². The predicted octanol–water partition coefficient (Wildman–Crippen LogP) is 0.489. The molecule has 0 amide bonds. The highest BCUT2D eigenvalue weighted by molar-refractivity contribution is 9.10. The third kappa shape index (κ3) is 0.878. The molecule has 0 spiro atoms. The molecule has 6 heteroatoms. The molecule has 0 unspecified atom stereocenters. The van der Waals surface area contributed by atoms with Gasteiger partial charge < -0.3 is 0 Å². The minimum Gasteiger partial charge on any atom is -0.278 e. The van der Waals surface area contributed by atoms with Crippen molar-refractivity contribution in [2.24, 2.45) is 0 Å². The van der Waals surface area contributed by atoms with E-state index in [-0.39, 0.29) is 5.56 Å². The van der Waals surface area contributed by atoms with Gasteiger partial charge in [-0.2, -0.15) is 4.52 Å². The number of aromatic amines is 1. The van der Waals surface area contributed by atoms with Gasteiger partial charge in [0.1, 0.15) is 10.8 Å². The van der Waals surface area contributed by atoms with Crippen LogP contribution in [0.3, 0.4) is 0 Å². The molecular weight excluding hydrogens is 224 g/mol. The first-order valence-electron chi connectivity index (χ1n) is 3.28. The summed E-state index contributed by atoms with van der Waals surface area (Å²) in [5.41, 5.74) is 0.474. The second-order valence-corrected chi connectivity index (χ2v) is 3.13. The molecule has 2 aromatic rings. The average Bonchev–Trinajstić information content (AvgIpc) is 2.48. The van der Waals surface area contributed by atoms with E-state index >= 15 is 0 Å². The van der Waals surface area contributed by atoms with Crippen molar-refractivity contribution in [2.75, 3.05) is 0 Å². The first-order chi connectivity index (χ1) is 5.70. The van der Waals surface area contributed by atoms with Gasteiger partial charge in [0.2, 0.25) is 0 Å².